The fourth-order valence-corrected chi connectivity index (χ4v) is 5.82. The molecule has 30 heavy (non-hydrogen) atoms. The molecule has 1 saturated heterocycles. The first kappa shape index (κ1) is 19.3. The number of carbonyl (C=O) groups excluding carboxylic acids is 3. The molecular formula is C22H21F3N2O3. The highest BCUT2D eigenvalue weighted by Gasteiger charge is 2.67. The van der Waals surface area contributed by atoms with E-state index >= 15 is 0 Å². The molecule has 8 heteroatoms. The van der Waals surface area contributed by atoms with Gasteiger partial charge in [0.1, 0.15) is 6.67 Å². The predicted octanol–water partition coefficient (Wildman–Crippen LogP) is 3.21. The van der Waals surface area contributed by atoms with E-state index in [9.17, 15) is 27.6 Å². The molecule has 0 spiro atoms. The van der Waals surface area contributed by atoms with Crippen molar-refractivity contribution in [2.75, 3.05) is 11.6 Å². The Hall–Kier alpha value is -2.64. The molecule has 6 rings (SSSR count). The summed E-state index contributed by atoms with van der Waals surface area (Å²) in [7, 11) is 0. The average Bonchev–Trinajstić information content (AvgIpc) is 3.44. The van der Waals surface area contributed by atoms with E-state index in [1.165, 1.54) is 12.1 Å². The molecule has 6 atom stereocenters. The van der Waals surface area contributed by atoms with Gasteiger partial charge in [-0.05, 0) is 67.2 Å². The fraction of sp³-hybridized carbons (Fsp3) is 0.500. The van der Waals surface area contributed by atoms with E-state index < -0.39 is 42.4 Å². The number of likely N-dealkylation sites (tertiary alicyclic amines) is 1. The van der Waals surface area contributed by atoms with Crippen molar-refractivity contribution in [2.45, 2.75) is 26.4 Å². The summed E-state index contributed by atoms with van der Waals surface area (Å²) in [6.45, 7) is 2.70. The largest absolute Gasteiger partial charge is 0.471 e. The Morgan fingerprint density at radius 1 is 1.00 bits per heavy atom. The minimum atomic E-state index is -5.13. The monoisotopic (exact) mass is 418 g/mol. The number of carbonyl (C=O) groups is 3. The Bertz CT molecular complexity index is 946. The number of hydrogen-bond acceptors (Lipinski definition) is 3. The Morgan fingerprint density at radius 3 is 1.97 bits per heavy atom. The van der Waals surface area contributed by atoms with Gasteiger partial charge in [-0.2, -0.15) is 13.2 Å². The third-order valence-electron chi connectivity index (χ3n) is 7.04. The molecule has 1 aromatic rings. The number of amides is 3. The minimum absolute atomic E-state index is 0.0224. The summed E-state index contributed by atoms with van der Waals surface area (Å²) >= 11 is 0. The number of anilines is 1. The number of nitrogens with zero attached hydrogens (tertiary/aromatic N) is 2. The van der Waals surface area contributed by atoms with Gasteiger partial charge in [-0.25, -0.2) is 0 Å². The van der Waals surface area contributed by atoms with E-state index in [2.05, 4.69) is 0 Å². The lowest BCUT2D eigenvalue weighted by Crippen LogP contribution is -2.49. The Morgan fingerprint density at radius 2 is 1.50 bits per heavy atom. The summed E-state index contributed by atoms with van der Waals surface area (Å²) < 4.78 is 40.1. The fourth-order valence-electron chi connectivity index (χ4n) is 5.82. The summed E-state index contributed by atoms with van der Waals surface area (Å²) in [5, 5.41) is 0. The second-order valence-corrected chi connectivity index (χ2v) is 8.98. The Labute approximate surface area is 171 Å². The van der Waals surface area contributed by atoms with Crippen molar-refractivity contribution in [3.63, 3.8) is 0 Å². The molecule has 1 aliphatic heterocycles. The first-order chi connectivity index (χ1) is 14.1. The quantitative estimate of drug-likeness (QED) is 0.560. The van der Waals surface area contributed by atoms with E-state index in [0.29, 0.717) is 27.9 Å². The topological polar surface area (TPSA) is 57.7 Å². The Balaban J connectivity index is 1.49. The average molecular weight is 418 g/mol. The van der Waals surface area contributed by atoms with Gasteiger partial charge in [0, 0.05) is 5.69 Å². The van der Waals surface area contributed by atoms with Crippen LogP contribution in [0, 0.1) is 49.4 Å². The van der Waals surface area contributed by atoms with Gasteiger partial charge in [0.15, 0.2) is 0 Å². The third-order valence-corrected chi connectivity index (χ3v) is 7.04. The molecule has 2 bridgehead atoms. The molecule has 1 heterocycles. The van der Waals surface area contributed by atoms with E-state index in [-0.39, 0.29) is 17.5 Å². The lowest BCUT2D eigenvalue weighted by Gasteiger charge is -2.37. The van der Waals surface area contributed by atoms with E-state index in [0.717, 1.165) is 11.3 Å². The SMILES string of the molecule is Cc1cc(C)cc(N(CN2C(=O)[C@@H]3[C@@H]4C=C[C@H]([C@H]5C[C@@H]45)[C@@H]3C2=O)C(=O)C(F)(F)F)c1. The van der Waals surface area contributed by atoms with Gasteiger partial charge in [-0.3, -0.25) is 24.2 Å². The van der Waals surface area contributed by atoms with Crippen LogP contribution in [0.1, 0.15) is 17.5 Å². The summed E-state index contributed by atoms with van der Waals surface area (Å²) in [6.07, 6.45) is -0.135. The van der Waals surface area contributed by atoms with Crippen molar-refractivity contribution < 1.29 is 27.6 Å². The molecule has 2 saturated carbocycles. The van der Waals surface area contributed by atoms with Crippen LogP contribution in [-0.4, -0.2) is 35.5 Å². The second kappa shape index (κ2) is 6.18. The van der Waals surface area contributed by atoms with Crippen molar-refractivity contribution in [1.29, 1.82) is 0 Å². The van der Waals surface area contributed by atoms with Gasteiger partial charge in [0.2, 0.25) is 11.8 Å². The van der Waals surface area contributed by atoms with Crippen molar-refractivity contribution >= 4 is 23.4 Å². The number of alkyl halides is 3. The standard InChI is InChI=1S/C22H21F3N2O3/c1-10-5-11(2)7-12(6-10)26(21(30)22(23,24)25)9-27-19(28)17-13-3-4-14(16-8-15(13)16)18(17)20(27)29/h3-7,13-18H,8-9H2,1-2H3/t13-,14-,15-,16+,17+,18-/m1/s1. The van der Waals surface area contributed by atoms with E-state index in [1.54, 1.807) is 19.9 Å². The maximum Gasteiger partial charge on any atom is 0.471 e. The van der Waals surface area contributed by atoms with Crippen molar-refractivity contribution in [1.82, 2.24) is 4.90 Å². The highest BCUT2D eigenvalue weighted by Crippen LogP contribution is 2.65. The first-order valence-corrected chi connectivity index (χ1v) is 10.1. The highest BCUT2D eigenvalue weighted by atomic mass is 19.4. The molecule has 5 aliphatic rings. The molecule has 3 fully saturated rings. The van der Waals surface area contributed by atoms with Crippen LogP contribution in [0.5, 0.6) is 0 Å². The Kier molecular flexibility index (Phi) is 3.98. The van der Waals surface area contributed by atoms with Gasteiger partial charge in [0.25, 0.3) is 0 Å². The van der Waals surface area contributed by atoms with Gasteiger partial charge >= 0.3 is 12.1 Å². The van der Waals surface area contributed by atoms with Crippen molar-refractivity contribution in [2.24, 2.45) is 35.5 Å². The van der Waals surface area contributed by atoms with Crippen LogP contribution in [0.2, 0.25) is 0 Å². The molecular weight excluding hydrogens is 397 g/mol. The number of imide groups is 1. The van der Waals surface area contributed by atoms with Crippen molar-refractivity contribution in [3.8, 4) is 0 Å². The normalized spacial score (nSPS) is 33.6. The smallest absolute Gasteiger partial charge is 0.286 e. The third kappa shape index (κ3) is 2.72. The molecule has 158 valence electrons. The van der Waals surface area contributed by atoms with Crippen LogP contribution in [0.15, 0.2) is 30.4 Å². The number of allylic oxidation sites excluding steroid dienone is 2. The molecule has 5 nitrogen and oxygen atoms in total. The molecule has 4 aliphatic carbocycles. The second-order valence-electron chi connectivity index (χ2n) is 8.98. The molecule has 0 radical (unpaired) electrons. The molecule has 0 unspecified atom stereocenters. The number of aryl methyl sites for hydroxylation is 2. The maximum atomic E-state index is 13.4. The minimum Gasteiger partial charge on any atom is -0.286 e. The van der Waals surface area contributed by atoms with E-state index in [1.807, 2.05) is 12.2 Å². The number of benzene rings is 1. The molecule has 1 aromatic carbocycles. The number of halogens is 3. The zero-order valence-corrected chi connectivity index (χ0v) is 16.5. The predicted molar refractivity (Wildman–Crippen MR) is 101 cm³/mol. The van der Waals surface area contributed by atoms with Crippen LogP contribution < -0.4 is 4.90 Å². The number of rotatable bonds is 3. The highest BCUT2D eigenvalue weighted by molar-refractivity contribution is 6.07. The summed E-state index contributed by atoms with van der Waals surface area (Å²) in [4.78, 5) is 39.9. The summed E-state index contributed by atoms with van der Waals surface area (Å²) in [6, 6.07) is 4.68. The van der Waals surface area contributed by atoms with Crippen LogP contribution in [-0.2, 0) is 14.4 Å². The zero-order chi connectivity index (χ0) is 21.5. The summed E-state index contributed by atoms with van der Waals surface area (Å²) in [5.41, 5.74) is 1.38. The molecule has 0 N–H and O–H groups in total. The van der Waals surface area contributed by atoms with Crippen LogP contribution in [0.4, 0.5) is 18.9 Å². The maximum absolute atomic E-state index is 13.4. The zero-order valence-electron chi connectivity index (χ0n) is 16.5. The lowest BCUT2D eigenvalue weighted by molar-refractivity contribution is -0.171. The van der Waals surface area contributed by atoms with Gasteiger partial charge < -0.3 is 0 Å². The van der Waals surface area contributed by atoms with Crippen molar-refractivity contribution in [3.05, 3.63) is 41.5 Å². The van der Waals surface area contributed by atoms with Crippen LogP contribution in [0.25, 0.3) is 0 Å². The van der Waals surface area contributed by atoms with Gasteiger partial charge in [-0.15, -0.1) is 0 Å². The van der Waals surface area contributed by atoms with Crippen LogP contribution in [0.3, 0.4) is 0 Å². The van der Waals surface area contributed by atoms with E-state index in [4.69, 9.17) is 0 Å². The number of hydrogen-bond donors (Lipinski definition) is 0. The van der Waals surface area contributed by atoms with Gasteiger partial charge in [0.05, 0.1) is 11.8 Å². The lowest BCUT2D eigenvalue weighted by atomic mass is 9.63. The van der Waals surface area contributed by atoms with Gasteiger partial charge in [-0.1, -0.05) is 18.2 Å². The summed E-state index contributed by atoms with van der Waals surface area (Å²) in [5.74, 6) is -3.31. The molecule has 0 aromatic heterocycles. The molecule has 3 amide bonds. The first-order valence-electron chi connectivity index (χ1n) is 10.1. The van der Waals surface area contributed by atoms with Crippen LogP contribution >= 0.6 is 0 Å².